The van der Waals surface area contributed by atoms with Crippen molar-refractivity contribution in [2.24, 2.45) is 0 Å². The van der Waals surface area contributed by atoms with Gasteiger partial charge in [0.15, 0.2) is 0 Å². The highest BCUT2D eigenvalue weighted by Gasteiger charge is 2.25. The molecule has 0 aliphatic heterocycles. The van der Waals surface area contributed by atoms with Gasteiger partial charge in [-0.3, -0.25) is 0 Å². The van der Waals surface area contributed by atoms with Crippen LogP contribution in [0.2, 0.25) is 0 Å². The van der Waals surface area contributed by atoms with E-state index in [0.717, 1.165) is 19.1 Å². The van der Waals surface area contributed by atoms with Crippen LogP contribution in [-0.2, 0) is 0 Å². The second-order valence-corrected chi connectivity index (χ2v) is 5.58. The summed E-state index contributed by atoms with van der Waals surface area (Å²) in [5.74, 6) is 0. The van der Waals surface area contributed by atoms with E-state index >= 15 is 0 Å². The number of likely N-dealkylation sites (N-methyl/N-ethyl adjacent to an activating group) is 1. The predicted octanol–water partition coefficient (Wildman–Crippen LogP) is 2.20. The first kappa shape index (κ1) is 12.0. The summed E-state index contributed by atoms with van der Waals surface area (Å²) in [6.45, 7) is 6.51. The van der Waals surface area contributed by atoms with E-state index in [2.05, 4.69) is 36.1 Å². The van der Waals surface area contributed by atoms with Gasteiger partial charge in [0.1, 0.15) is 0 Å². The van der Waals surface area contributed by atoms with Gasteiger partial charge in [0.05, 0.1) is 11.2 Å². The number of nitrogens with zero attached hydrogens (tertiary/aromatic N) is 2. The van der Waals surface area contributed by atoms with Crippen molar-refractivity contribution in [2.75, 3.05) is 20.1 Å². The molecule has 90 valence electrons. The molecule has 1 aromatic rings. The highest BCUT2D eigenvalue weighted by molar-refractivity contribution is 7.09. The lowest BCUT2D eigenvalue weighted by Gasteiger charge is -2.18. The smallest absolute Gasteiger partial charge is 0.0798 e. The van der Waals surface area contributed by atoms with Gasteiger partial charge < -0.3 is 10.2 Å². The van der Waals surface area contributed by atoms with Crippen molar-refractivity contribution < 1.29 is 0 Å². The lowest BCUT2D eigenvalue weighted by molar-refractivity contribution is 0.317. The molecule has 16 heavy (non-hydrogen) atoms. The number of thiazole rings is 1. The fraction of sp³-hybridized carbons (Fsp3) is 0.750. The van der Waals surface area contributed by atoms with Gasteiger partial charge >= 0.3 is 0 Å². The van der Waals surface area contributed by atoms with Gasteiger partial charge in [0.25, 0.3) is 0 Å². The van der Waals surface area contributed by atoms with Crippen LogP contribution in [0.3, 0.4) is 0 Å². The van der Waals surface area contributed by atoms with Crippen molar-refractivity contribution in [2.45, 2.75) is 38.8 Å². The Kier molecular flexibility index (Phi) is 3.95. The van der Waals surface area contributed by atoms with Gasteiger partial charge in [-0.2, -0.15) is 0 Å². The van der Waals surface area contributed by atoms with Crippen molar-refractivity contribution in [1.29, 1.82) is 0 Å². The lowest BCUT2D eigenvalue weighted by atomic mass is 10.2. The SMILES string of the molecule is Cc1ncsc1C(C)NCCN(C)C1CC1. The van der Waals surface area contributed by atoms with Crippen LogP contribution >= 0.6 is 11.3 Å². The molecule has 1 aliphatic rings. The highest BCUT2D eigenvalue weighted by Crippen LogP contribution is 2.25. The minimum atomic E-state index is 0.431. The zero-order valence-corrected chi connectivity index (χ0v) is 11.2. The van der Waals surface area contributed by atoms with Gasteiger partial charge in [-0.15, -0.1) is 11.3 Å². The monoisotopic (exact) mass is 239 g/mol. The summed E-state index contributed by atoms with van der Waals surface area (Å²) in [6, 6.07) is 1.29. The van der Waals surface area contributed by atoms with Gasteiger partial charge in [-0.1, -0.05) is 0 Å². The first-order valence-corrected chi connectivity index (χ1v) is 6.90. The van der Waals surface area contributed by atoms with Crippen molar-refractivity contribution in [1.82, 2.24) is 15.2 Å². The van der Waals surface area contributed by atoms with E-state index in [4.69, 9.17) is 0 Å². The van der Waals surface area contributed by atoms with Gasteiger partial charge in [-0.25, -0.2) is 4.98 Å². The van der Waals surface area contributed by atoms with Gasteiger partial charge in [0.2, 0.25) is 0 Å². The summed E-state index contributed by atoms with van der Waals surface area (Å²) >= 11 is 1.75. The molecule has 1 aromatic heterocycles. The molecule has 0 bridgehead atoms. The predicted molar refractivity (Wildman–Crippen MR) is 68.9 cm³/mol. The third kappa shape index (κ3) is 3.03. The Bertz CT molecular complexity index is 333. The Hall–Kier alpha value is -0.450. The molecule has 1 atom stereocenters. The average Bonchev–Trinajstić information content (AvgIpc) is 3.01. The van der Waals surface area contributed by atoms with E-state index in [1.54, 1.807) is 11.3 Å². The van der Waals surface area contributed by atoms with E-state index < -0.39 is 0 Å². The number of rotatable bonds is 6. The summed E-state index contributed by atoms with van der Waals surface area (Å²) < 4.78 is 0. The van der Waals surface area contributed by atoms with Crippen molar-refractivity contribution >= 4 is 11.3 Å². The van der Waals surface area contributed by atoms with Crippen LogP contribution < -0.4 is 5.32 Å². The molecule has 0 radical (unpaired) electrons. The van der Waals surface area contributed by atoms with E-state index in [1.165, 1.54) is 23.4 Å². The molecule has 1 heterocycles. The molecule has 0 amide bonds. The third-order valence-corrected chi connectivity index (χ3v) is 4.37. The molecule has 0 saturated heterocycles. The quantitative estimate of drug-likeness (QED) is 0.825. The molecule has 3 nitrogen and oxygen atoms in total. The number of aromatic nitrogens is 1. The second kappa shape index (κ2) is 5.25. The Morgan fingerprint density at radius 2 is 2.38 bits per heavy atom. The maximum absolute atomic E-state index is 4.29. The summed E-state index contributed by atoms with van der Waals surface area (Å²) in [5.41, 5.74) is 3.10. The normalized spacial score (nSPS) is 18.0. The summed E-state index contributed by atoms with van der Waals surface area (Å²) in [5, 5.41) is 3.57. The Balaban J connectivity index is 1.71. The Labute approximate surface area is 102 Å². The highest BCUT2D eigenvalue weighted by atomic mass is 32.1. The molecule has 1 N–H and O–H groups in total. The number of aryl methyl sites for hydroxylation is 1. The zero-order valence-electron chi connectivity index (χ0n) is 10.4. The summed E-state index contributed by atoms with van der Waals surface area (Å²) in [7, 11) is 2.22. The van der Waals surface area contributed by atoms with E-state index in [1.807, 2.05) is 5.51 Å². The molecular formula is C12H21N3S. The molecule has 4 heteroatoms. The van der Waals surface area contributed by atoms with Crippen LogP contribution in [0.15, 0.2) is 5.51 Å². The van der Waals surface area contributed by atoms with Crippen molar-refractivity contribution in [3.63, 3.8) is 0 Å². The second-order valence-electron chi connectivity index (χ2n) is 4.69. The molecule has 0 aromatic carbocycles. The van der Waals surface area contributed by atoms with Gasteiger partial charge in [-0.05, 0) is 33.7 Å². The summed E-state index contributed by atoms with van der Waals surface area (Å²) in [6.07, 6.45) is 2.78. The molecule has 1 saturated carbocycles. The molecule has 1 aliphatic carbocycles. The minimum Gasteiger partial charge on any atom is -0.308 e. The van der Waals surface area contributed by atoms with E-state index in [0.29, 0.717) is 6.04 Å². The van der Waals surface area contributed by atoms with Crippen molar-refractivity contribution in [3.05, 3.63) is 16.1 Å². The van der Waals surface area contributed by atoms with Crippen LogP contribution in [0.1, 0.15) is 36.4 Å². The third-order valence-electron chi connectivity index (χ3n) is 3.26. The fourth-order valence-electron chi connectivity index (χ4n) is 1.97. The standard InChI is InChI=1S/C12H21N3S/c1-9(12-10(2)14-8-16-12)13-6-7-15(3)11-4-5-11/h8-9,11,13H,4-7H2,1-3H3. The van der Waals surface area contributed by atoms with Gasteiger partial charge in [0, 0.05) is 30.1 Å². The maximum atomic E-state index is 4.29. The van der Waals surface area contributed by atoms with Crippen LogP contribution in [0, 0.1) is 6.92 Å². The van der Waals surface area contributed by atoms with E-state index in [-0.39, 0.29) is 0 Å². The van der Waals surface area contributed by atoms with Crippen molar-refractivity contribution in [3.8, 4) is 0 Å². The molecule has 0 spiro atoms. The minimum absolute atomic E-state index is 0.431. The topological polar surface area (TPSA) is 28.2 Å². The number of hydrogen-bond donors (Lipinski definition) is 1. The lowest BCUT2D eigenvalue weighted by Crippen LogP contribution is -2.31. The van der Waals surface area contributed by atoms with E-state index in [9.17, 15) is 0 Å². The molecule has 2 rings (SSSR count). The van der Waals surface area contributed by atoms with Crippen LogP contribution in [0.5, 0.6) is 0 Å². The summed E-state index contributed by atoms with van der Waals surface area (Å²) in [4.78, 5) is 8.11. The van der Waals surface area contributed by atoms with Crippen LogP contribution in [0.4, 0.5) is 0 Å². The largest absolute Gasteiger partial charge is 0.308 e. The average molecular weight is 239 g/mol. The molecule has 1 unspecified atom stereocenters. The Morgan fingerprint density at radius 1 is 1.62 bits per heavy atom. The first-order chi connectivity index (χ1) is 7.68. The van der Waals surface area contributed by atoms with Crippen LogP contribution in [0.25, 0.3) is 0 Å². The zero-order chi connectivity index (χ0) is 11.5. The maximum Gasteiger partial charge on any atom is 0.0798 e. The first-order valence-electron chi connectivity index (χ1n) is 6.02. The fourth-order valence-corrected chi connectivity index (χ4v) is 2.81. The Morgan fingerprint density at radius 3 is 2.94 bits per heavy atom. The molecular weight excluding hydrogens is 218 g/mol. The number of nitrogens with one attached hydrogen (secondary N) is 1. The molecule has 1 fully saturated rings. The van der Waals surface area contributed by atoms with Crippen LogP contribution in [-0.4, -0.2) is 36.1 Å². The number of hydrogen-bond acceptors (Lipinski definition) is 4.